The number of amides is 3. The van der Waals surface area contributed by atoms with E-state index in [1.54, 1.807) is 29.2 Å². The third-order valence-electron chi connectivity index (χ3n) is 5.73. The van der Waals surface area contributed by atoms with Gasteiger partial charge in [0.25, 0.3) is 11.1 Å². The molecule has 3 amide bonds. The zero-order valence-electron chi connectivity index (χ0n) is 20.9. The molecule has 4 rings (SSSR count). The lowest BCUT2D eigenvalue weighted by atomic mass is 10.2. The lowest BCUT2D eigenvalue weighted by Gasteiger charge is -2.28. The summed E-state index contributed by atoms with van der Waals surface area (Å²) in [7, 11) is 0. The predicted molar refractivity (Wildman–Crippen MR) is 140 cm³/mol. The normalized spacial score (nSPS) is 16.9. The van der Waals surface area contributed by atoms with Crippen LogP contribution < -0.4 is 14.2 Å². The Morgan fingerprint density at radius 2 is 1.73 bits per heavy atom. The number of aryl methyl sites for hydroxylation is 1. The molecular weight excluding hydrogens is 496 g/mol. The van der Waals surface area contributed by atoms with Gasteiger partial charge in [0.2, 0.25) is 5.91 Å². The van der Waals surface area contributed by atoms with Gasteiger partial charge in [-0.1, -0.05) is 23.8 Å². The Hall–Kier alpha value is -3.50. The molecule has 2 saturated heterocycles. The van der Waals surface area contributed by atoms with Gasteiger partial charge in [0, 0.05) is 13.1 Å². The van der Waals surface area contributed by atoms with Crippen molar-refractivity contribution in [3.8, 4) is 17.2 Å². The Morgan fingerprint density at radius 1 is 1.00 bits per heavy atom. The zero-order chi connectivity index (χ0) is 26.2. The molecule has 0 saturated carbocycles. The summed E-state index contributed by atoms with van der Waals surface area (Å²) in [6.07, 6.45) is 1.62. The Balaban J connectivity index is 1.37. The zero-order valence-corrected chi connectivity index (χ0v) is 21.8. The molecule has 0 bridgehead atoms. The molecule has 9 nitrogen and oxygen atoms in total. The first-order chi connectivity index (χ1) is 17.9. The van der Waals surface area contributed by atoms with Crippen molar-refractivity contribution in [3.05, 3.63) is 58.5 Å². The predicted octanol–water partition coefficient (Wildman–Crippen LogP) is 3.75. The summed E-state index contributed by atoms with van der Waals surface area (Å²) in [5.74, 6) is 1.10. The highest BCUT2D eigenvalue weighted by Crippen LogP contribution is 2.34. The largest absolute Gasteiger partial charge is 0.490 e. The van der Waals surface area contributed by atoms with E-state index in [0.29, 0.717) is 63.2 Å². The average molecular weight is 527 g/mol. The van der Waals surface area contributed by atoms with E-state index in [9.17, 15) is 14.4 Å². The van der Waals surface area contributed by atoms with Gasteiger partial charge in [-0.3, -0.25) is 19.3 Å². The van der Waals surface area contributed by atoms with Crippen LogP contribution in [-0.2, 0) is 14.3 Å². The molecule has 0 spiro atoms. The molecule has 196 valence electrons. The fourth-order valence-corrected chi connectivity index (χ4v) is 4.62. The number of rotatable bonds is 10. The number of ether oxygens (including phenoxy) is 4. The summed E-state index contributed by atoms with van der Waals surface area (Å²) in [4.78, 5) is 40.7. The first kappa shape index (κ1) is 26.6. The summed E-state index contributed by atoms with van der Waals surface area (Å²) < 4.78 is 22.6. The van der Waals surface area contributed by atoms with Crippen molar-refractivity contribution >= 4 is 34.9 Å². The van der Waals surface area contributed by atoms with Gasteiger partial charge in [-0.05, 0) is 61.5 Å². The lowest BCUT2D eigenvalue weighted by Crippen LogP contribution is -2.46. The topological polar surface area (TPSA) is 94.6 Å². The molecule has 10 heteroatoms. The van der Waals surface area contributed by atoms with Gasteiger partial charge in [0.05, 0.1) is 24.7 Å². The summed E-state index contributed by atoms with van der Waals surface area (Å²) in [6, 6.07) is 13.1. The quantitative estimate of drug-likeness (QED) is 0.341. The molecule has 0 radical (unpaired) electrons. The van der Waals surface area contributed by atoms with Crippen molar-refractivity contribution in [3.63, 3.8) is 0 Å². The number of carbonyl (C=O) groups is 3. The molecule has 0 N–H and O–H groups in total. The molecule has 0 atom stereocenters. The second-order valence-electron chi connectivity index (χ2n) is 8.41. The monoisotopic (exact) mass is 526 g/mol. The number of carbonyl (C=O) groups excluding carboxylic acids is 3. The van der Waals surface area contributed by atoms with Gasteiger partial charge in [-0.25, -0.2) is 0 Å². The van der Waals surface area contributed by atoms with Crippen molar-refractivity contribution in [2.45, 2.75) is 13.8 Å². The van der Waals surface area contributed by atoms with Crippen LogP contribution in [0, 0.1) is 6.92 Å². The SMILES string of the molecule is CCOc1cc(/C=C2\SC(=O)N(CC(=O)N3CCOCC3)C2=O)ccc1OCCOc1ccc(C)cc1. The molecule has 0 unspecified atom stereocenters. The molecule has 2 aliphatic heterocycles. The van der Waals surface area contributed by atoms with Gasteiger partial charge in [-0.15, -0.1) is 0 Å². The van der Waals surface area contributed by atoms with Crippen molar-refractivity contribution < 1.29 is 33.3 Å². The highest BCUT2D eigenvalue weighted by Gasteiger charge is 2.37. The van der Waals surface area contributed by atoms with Crippen LogP contribution in [0.5, 0.6) is 17.2 Å². The van der Waals surface area contributed by atoms with Gasteiger partial charge in [-0.2, -0.15) is 0 Å². The summed E-state index contributed by atoms with van der Waals surface area (Å²) in [5.41, 5.74) is 1.84. The molecule has 2 heterocycles. The number of nitrogens with zero attached hydrogens (tertiary/aromatic N) is 2. The molecule has 2 aromatic rings. The first-order valence-corrected chi connectivity index (χ1v) is 13.0. The maximum absolute atomic E-state index is 12.9. The molecule has 0 aromatic heterocycles. The van der Waals surface area contributed by atoms with Crippen molar-refractivity contribution in [2.24, 2.45) is 0 Å². The van der Waals surface area contributed by atoms with Gasteiger partial charge < -0.3 is 23.8 Å². The van der Waals surface area contributed by atoms with Crippen LogP contribution in [0.1, 0.15) is 18.1 Å². The third kappa shape index (κ3) is 7.05. The number of hydrogen-bond acceptors (Lipinski definition) is 8. The number of imide groups is 1. The standard InChI is InChI=1S/C27H30N2O7S/c1-3-34-23-16-20(6-9-22(23)36-15-14-35-21-7-4-19(2)5-8-21)17-24-26(31)29(27(32)37-24)18-25(30)28-10-12-33-13-11-28/h4-9,16-17H,3,10-15,18H2,1-2H3/b24-17-. The average Bonchev–Trinajstić information content (AvgIpc) is 3.16. The smallest absolute Gasteiger partial charge is 0.294 e. The van der Waals surface area contributed by atoms with E-state index in [2.05, 4.69) is 0 Å². The second-order valence-corrected chi connectivity index (χ2v) is 9.40. The number of thioether (sulfide) groups is 1. The molecule has 0 aliphatic carbocycles. The maximum atomic E-state index is 12.9. The van der Waals surface area contributed by atoms with Crippen molar-refractivity contribution in [1.82, 2.24) is 9.80 Å². The van der Waals surface area contributed by atoms with E-state index in [1.165, 1.54) is 0 Å². The van der Waals surface area contributed by atoms with E-state index in [1.807, 2.05) is 38.1 Å². The van der Waals surface area contributed by atoms with Crippen LogP contribution in [0.3, 0.4) is 0 Å². The Morgan fingerprint density at radius 3 is 2.46 bits per heavy atom. The Bertz CT molecular complexity index is 1160. The minimum absolute atomic E-state index is 0.252. The van der Waals surface area contributed by atoms with Crippen molar-refractivity contribution in [2.75, 3.05) is 52.7 Å². The van der Waals surface area contributed by atoms with Gasteiger partial charge in [0.1, 0.15) is 25.5 Å². The molecule has 2 aliphatic rings. The summed E-state index contributed by atoms with van der Waals surface area (Å²) in [6.45, 7) is 6.55. The Labute approximate surface area is 220 Å². The van der Waals surface area contributed by atoms with Crippen LogP contribution in [0.2, 0.25) is 0 Å². The van der Waals surface area contributed by atoms with E-state index >= 15 is 0 Å². The van der Waals surface area contributed by atoms with Gasteiger partial charge in [0.15, 0.2) is 11.5 Å². The summed E-state index contributed by atoms with van der Waals surface area (Å²) in [5, 5.41) is -0.462. The van der Waals surface area contributed by atoms with Gasteiger partial charge >= 0.3 is 0 Å². The highest BCUT2D eigenvalue weighted by atomic mass is 32.2. The minimum atomic E-state index is -0.483. The fourth-order valence-electron chi connectivity index (χ4n) is 3.78. The van der Waals surface area contributed by atoms with E-state index < -0.39 is 11.1 Å². The number of benzene rings is 2. The summed E-state index contributed by atoms with van der Waals surface area (Å²) >= 11 is 0.819. The highest BCUT2D eigenvalue weighted by molar-refractivity contribution is 8.18. The molecule has 37 heavy (non-hydrogen) atoms. The van der Waals surface area contributed by atoms with E-state index in [4.69, 9.17) is 18.9 Å². The first-order valence-electron chi connectivity index (χ1n) is 12.1. The minimum Gasteiger partial charge on any atom is -0.490 e. The molecule has 2 aromatic carbocycles. The second kappa shape index (κ2) is 12.6. The maximum Gasteiger partial charge on any atom is 0.294 e. The molecule has 2 fully saturated rings. The van der Waals surface area contributed by atoms with Crippen LogP contribution in [0.4, 0.5) is 4.79 Å². The van der Waals surface area contributed by atoms with Crippen LogP contribution >= 0.6 is 11.8 Å². The third-order valence-corrected chi connectivity index (χ3v) is 6.63. The fraction of sp³-hybridized carbons (Fsp3) is 0.370. The molecular formula is C27H30N2O7S. The number of morpholine rings is 1. The number of hydrogen-bond donors (Lipinski definition) is 0. The van der Waals surface area contributed by atoms with Crippen LogP contribution in [0.25, 0.3) is 6.08 Å². The van der Waals surface area contributed by atoms with Crippen LogP contribution in [-0.4, -0.2) is 79.5 Å². The van der Waals surface area contributed by atoms with Crippen LogP contribution in [0.15, 0.2) is 47.4 Å². The van der Waals surface area contributed by atoms with E-state index in [0.717, 1.165) is 28.0 Å². The van der Waals surface area contributed by atoms with E-state index in [-0.39, 0.29) is 17.4 Å². The lowest BCUT2D eigenvalue weighted by molar-refractivity contribution is -0.139. The Kier molecular flexibility index (Phi) is 9.08. The van der Waals surface area contributed by atoms with Crippen molar-refractivity contribution in [1.29, 1.82) is 0 Å².